The van der Waals surface area contributed by atoms with Gasteiger partial charge in [0.2, 0.25) is 0 Å². The molecule has 0 aliphatic carbocycles. The molecule has 0 aliphatic heterocycles. The van der Waals surface area contributed by atoms with E-state index < -0.39 is 0 Å². The minimum absolute atomic E-state index is 0.0517. The fourth-order valence-electron chi connectivity index (χ4n) is 2.19. The molecule has 21 heavy (non-hydrogen) atoms. The summed E-state index contributed by atoms with van der Waals surface area (Å²) in [4.78, 5) is 19.6. The number of rotatable bonds is 4. The number of hydrogen-bond donors (Lipinski definition) is 1. The van der Waals surface area contributed by atoms with Gasteiger partial charge in [0.15, 0.2) is 0 Å². The van der Waals surface area contributed by atoms with Crippen molar-refractivity contribution in [3.63, 3.8) is 0 Å². The Morgan fingerprint density at radius 2 is 1.76 bits per heavy atom. The average molecular weight is 396 g/mol. The zero-order chi connectivity index (χ0) is 15.6. The first-order chi connectivity index (χ1) is 9.88. The van der Waals surface area contributed by atoms with Crippen LogP contribution in [0.5, 0.6) is 0 Å². The topological polar surface area (TPSA) is 45.8 Å². The Morgan fingerprint density at radius 3 is 2.29 bits per heavy atom. The van der Waals surface area contributed by atoms with Crippen LogP contribution in [0.15, 0.2) is 29.1 Å². The van der Waals surface area contributed by atoms with E-state index >= 15 is 0 Å². The number of nitrogens with one attached hydrogen (secondary N) is 1. The van der Waals surface area contributed by atoms with E-state index in [1.807, 2.05) is 12.1 Å². The first kappa shape index (κ1) is 16.2. The summed E-state index contributed by atoms with van der Waals surface area (Å²) in [7, 11) is 0. The molecule has 3 nitrogen and oxygen atoms in total. The standard InChI is InChI=1S/C17H21IN2O/c1-10(2)9-14-15(18)17(21)20-16(19-14)13-7-5-12(6-8-13)11(3)4/h5-8,10-11H,9H2,1-4H3,(H,19,20,21). The number of nitrogens with zero attached hydrogens (tertiary/aromatic N) is 1. The largest absolute Gasteiger partial charge is 0.306 e. The molecular formula is C17H21IN2O. The fraction of sp³-hybridized carbons (Fsp3) is 0.412. The van der Waals surface area contributed by atoms with Crippen LogP contribution in [-0.4, -0.2) is 9.97 Å². The molecule has 0 aliphatic rings. The summed E-state index contributed by atoms with van der Waals surface area (Å²) < 4.78 is 0.698. The Bertz CT molecular complexity index is 672. The highest BCUT2D eigenvalue weighted by molar-refractivity contribution is 14.1. The first-order valence-electron chi connectivity index (χ1n) is 7.27. The number of hydrogen-bond acceptors (Lipinski definition) is 2. The van der Waals surface area contributed by atoms with Crippen molar-refractivity contribution in [3.8, 4) is 11.4 Å². The first-order valence-corrected chi connectivity index (χ1v) is 8.35. The molecular weight excluding hydrogens is 375 g/mol. The van der Waals surface area contributed by atoms with Crippen LogP contribution >= 0.6 is 22.6 Å². The van der Waals surface area contributed by atoms with E-state index in [4.69, 9.17) is 0 Å². The van der Waals surface area contributed by atoms with Crippen molar-refractivity contribution in [2.24, 2.45) is 5.92 Å². The summed E-state index contributed by atoms with van der Waals surface area (Å²) >= 11 is 2.08. The zero-order valence-corrected chi connectivity index (χ0v) is 15.1. The zero-order valence-electron chi connectivity index (χ0n) is 12.9. The molecule has 1 aromatic heterocycles. The van der Waals surface area contributed by atoms with Gasteiger partial charge in [0, 0.05) is 5.56 Å². The van der Waals surface area contributed by atoms with Crippen molar-refractivity contribution >= 4 is 22.6 Å². The Balaban J connectivity index is 2.44. The van der Waals surface area contributed by atoms with Gasteiger partial charge in [0.05, 0.1) is 9.26 Å². The third-order valence-electron chi connectivity index (χ3n) is 3.38. The van der Waals surface area contributed by atoms with Gasteiger partial charge in [0.1, 0.15) is 5.82 Å². The van der Waals surface area contributed by atoms with Crippen molar-refractivity contribution in [1.29, 1.82) is 0 Å². The van der Waals surface area contributed by atoms with Crippen molar-refractivity contribution < 1.29 is 0 Å². The molecule has 4 heteroatoms. The predicted octanol–water partition coefficient (Wildman–Crippen LogP) is 4.36. The van der Waals surface area contributed by atoms with E-state index in [2.05, 4.69) is 72.4 Å². The van der Waals surface area contributed by atoms with Crippen molar-refractivity contribution in [3.05, 3.63) is 49.4 Å². The van der Waals surface area contributed by atoms with E-state index in [0.29, 0.717) is 21.2 Å². The lowest BCUT2D eigenvalue weighted by Gasteiger charge is -2.10. The number of aromatic amines is 1. The summed E-state index contributed by atoms with van der Waals surface area (Å²) in [5.41, 5.74) is 3.08. The van der Waals surface area contributed by atoms with Crippen LogP contribution < -0.4 is 5.56 Å². The third-order valence-corrected chi connectivity index (χ3v) is 4.50. The summed E-state index contributed by atoms with van der Waals surface area (Å²) in [5.74, 6) is 1.63. The summed E-state index contributed by atoms with van der Waals surface area (Å²) in [6.45, 7) is 8.60. The lowest BCUT2D eigenvalue weighted by molar-refractivity contribution is 0.631. The van der Waals surface area contributed by atoms with Crippen LogP contribution in [-0.2, 0) is 6.42 Å². The molecule has 2 rings (SSSR count). The summed E-state index contributed by atoms with van der Waals surface area (Å²) in [6, 6.07) is 8.25. The second kappa shape index (κ2) is 6.73. The van der Waals surface area contributed by atoms with Crippen LogP contribution in [0.4, 0.5) is 0 Å². The minimum Gasteiger partial charge on any atom is -0.306 e. The maximum absolute atomic E-state index is 12.1. The van der Waals surface area contributed by atoms with Crippen molar-refractivity contribution in [1.82, 2.24) is 9.97 Å². The van der Waals surface area contributed by atoms with E-state index in [1.165, 1.54) is 5.56 Å². The minimum atomic E-state index is -0.0517. The highest BCUT2D eigenvalue weighted by Crippen LogP contribution is 2.21. The molecule has 0 saturated carbocycles. The quantitative estimate of drug-likeness (QED) is 0.781. The molecule has 2 aromatic rings. The van der Waals surface area contributed by atoms with Crippen LogP contribution in [0.25, 0.3) is 11.4 Å². The van der Waals surface area contributed by atoms with Crippen LogP contribution in [0.2, 0.25) is 0 Å². The summed E-state index contributed by atoms with van der Waals surface area (Å²) in [6.07, 6.45) is 0.819. The van der Waals surface area contributed by atoms with Crippen LogP contribution in [0, 0.1) is 9.49 Å². The van der Waals surface area contributed by atoms with E-state index in [9.17, 15) is 4.79 Å². The third kappa shape index (κ3) is 3.93. The monoisotopic (exact) mass is 396 g/mol. The molecule has 0 fully saturated rings. The predicted molar refractivity (Wildman–Crippen MR) is 95.6 cm³/mol. The van der Waals surface area contributed by atoms with Gasteiger partial charge in [-0.2, -0.15) is 0 Å². The molecule has 0 unspecified atom stereocenters. The van der Waals surface area contributed by atoms with E-state index in [0.717, 1.165) is 17.7 Å². The second-order valence-electron chi connectivity index (χ2n) is 6.05. The molecule has 0 atom stereocenters. The molecule has 0 saturated heterocycles. The lowest BCUT2D eigenvalue weighted by Crippen LogP contribution is -2.17. The second-order valence-corrected chi connectivity index (χ2v) is 7.13. The number of aromatic nitrogens is 2. The van der Waals surface area contributed by atoms with Crippen LogP contribution in [0.1, 0.15) is 44.9 Å². The van der Waals surface area contributed by atoms with Gasteiger partial charge in [-0.25, -0.2) is 4.98 Å². The highest BCUT2D eigenvalue weighted by atomic mass is 127. The maximum Gasteiger partial charge on any atom is 0.264 e. The Kier molecular flexibility index (Phi) is 5.19. The Morgan fingerprint density at radius 1 is 1.14 bits per heavy atom. The summed E-state index contributed by atoms with van der Waals surface area (Å²) in [5, 5.41) is 0. The Labute approximate surface area is 139 Å². The van der Waals surface area contributed by atoms with Gasteiger partial charge in [-0.05, 0) is 46.4 Å². The average Bonchev–Trinajstić information content (AvgIpc) is 2.43. The van der Waals surface area contributed by atoms with Gasteiger partial charge < -0.3 is 4.98 Å². The fourth-order valence-corrected chi connectivity index (χ4v) is 2.67. The number of benzene rings is 1. The lowest BCUT2D eigenvalue weighted by atomic mass is 10.0. The number of H-pyrrole nitrogens is 1. The number of halogens is 1. The molecule has 0 bridgehead atoms. The molecule has 1 N–H and O–H groups in total. The molecule has 1 heterocycles. The van der Waals surface area contributed by atoms with Gasteiger partial charge >= 0.3 is 0 Å². The van der Waals surface area contributed by atoms with Gasteiger partial charge in [-0.3, -0.25) is 4.79 Å². The normalized spacial score (nSPS) is 11.4. The Hall–Kier alpha value is -1.17. The van der Waals surface area contributed by atoms with Crippen molar-refractivity contribution in [2.75, 3.05) is 0 Å². The molecule has 0 spiro atoms. The highest BCUT2D eigenvalue weighted by Gasteiger charge is 2.12. The smallest absolute Gasteiger partial charge is 0.264 e. The maximum atomic E-state index is 12.1. The SMILES string of the molecule is CC(C)Cc1nc(-c2ccc(C(C)C)cc2)[nH]c(=O)c1I. The molecule has 0 amide bonds. The van der Waals surface area contributed by atoms with Crippen molar-refractivity contribution in [2.45, 2.75) is 40.0 Å². The van der Waals surface area contributed by atoms with Gasteiger partial charge in [-0.1, -0.05) is 52.0 Å². The van der Waals surface area contributed by atoms with Gasteiger partial charge in [-0.15, -0.1) is 0 Å². The van der Waals surface area contributed by atoms with E-state index in [1.54, 1.807) is 0 Å². The molecule has 112 valence electrons. The van der Waals surface area contributed by atoms with Crippen LogP contribution in [0.3, 0.4) is 0 Å². The van der Waals surface area contributed by atoms with E-state index in [-0.39, 0.29) is 5.56 Å². The molecule has 0 radical (unpaired) electrons. The van der Waals surface area contributed by atoms with Gasteiger partial charge in [0.25, 0.3) is 5.56 Å². The molecule has 1 aromatic carbocycles.